The number of aryl methyl sites for hydroxylation is 1. The first kappa shape index (κ1) is 25.8. The van der Waals surface area contributed by atoms with Gasteiger partial charge in [0.25, 0.3) is 0 Å². The van der Waals surface area contributed by atoms with Crippen LogP contribution in [0.2, 0.25) is 0 Å². The molecule has 1 aliphatic rings. The molecule has 192 valence electrons. The number of nitrogens with zero attached hydrogens (tertiary/aromatic N) is 1. The number of aromatic hydroxyl groups is 1. The molecule has 3 aromatic rings. The monoisotopic (exact) mass is 492 g/mol. The number of ether oxygens (including phenoxy) is 2. The lowest BCUT2D eigenvalue weighted by molar-refractivity contribution is 0.234. The van der Waals surface area contributed by atoms with Crippen molar-refractivity contribution in [2.24, 2.45) is 5.73 Å². The molecule has 0 radical (unpaired) electrons. The van der Waals surface area contributed by atoms with E-state index >= 15 is 0 Å². The van der Waals surface area contributed by atoms with Gasteiger partial charge in [-0.15, -0.1) is 0 Å². The molecule has 0 bridgehead atoms. The Hall–Kier alpha value is -3.25. The zero-order valence-corrected chi connectivity index (χ0v) is 21.7. The highest BCUT2D eigenvalue weighted by atomic mass is 19.1. The molecular formula is C30H37FN2O3. The number of rotatable bonds is 9. The van der Waals surface area contributed by atoms with E-state index in [0.717, 1.165) is 42.8 Å². The number of phenolic OH excluding ortho intramolecular Hbond substituents is 1. The molecule has 0 saturated heterocycles. The van der Waals surface area contributed by atoms with Gasteiger partial charge >= 0.3 is 0 Å². The van der Waals surface area contributed by atoms with Crippen molar-refractivity contribution in [2.75, 3.05) is 25.2 Å². The van der Waals surface area contributed by atoms with E-state index in [0.29, 0.717) is 18.2 Å². The Morgan fingerprint density at radius 2 is 1.89 bits per heavy atom. The minimum Gasteiger partial charge on any atom is -0.508 e. The zero-order valence-electron chi connectivity index (χ0n) is 21.7. The second-order valence-electron chi connectivity index (χ2n) is 10.4. The number of hydrogen-bond acceptors (Lipinski definition) is 5. The molecule has 1 aliphatic carbocycles. The second-order valence-corrected chi connectivity index (χ2v) is 10.4. The number of benzene rings is 3. The van der Waals surface area contributed by atoms with Crippen molar-refractivity contribution in [1.29, 1.82) is 0 Å². The molecular weight excluding hydrogens is 455 g/mol. The van der Waals surface area contributed by atoms with Crippen LogP contribution in [0.3, 0.4) is 0 Å². The van der Waals surface area contributed by atoms with Crippen LogP contribution in [0.5, 0.6) is 17.2 Å². The van der Waals surface area contributed by atoms with Gasteiger partial charge in [0.15, 0.2) is 11.6 Å². The number of anilines is 1. The van der Waals surface area contributed by atoms with Gasteiger partial charge in [-0.25, -0.2) is 4.39 Å². The first-order valence-corrected chi connectivity index (χ1v) is 12.6. The topological polar surface area (TPSA) is 68.0 Å². The minimum atomic E-state index is -0.535. The fraction of sp³-hybridized carbons (Fsp3) is 0.400. The molecule has 0 aromatic heterocycles. The highest BCUT2D eigenvalue weighted by molar-refractivity contribution is 5.60. The summed E-state index contributed by atoms with van der Waals surface area (Å²) in [5.74, 6) is 1.31. The number of methoxy groups -OCH3 is 1. The van der Waals surface area contributed by atoms with Crippen molar-refractivity contribution in [3.8, 4) is 17.2 Å². The van der Waals surface area contributed by atoms with Crippen LogP contribution in [0, 0.1) is 5.82 Å². The first-order chi connectivity index (χ1) is 17.2. The summed E-state index contributed by atoms with van der Waals surface area (Å²) in [6, 6.07) is 17.1. The maximum atomic E-state index is 14.8. The highest BCUT2D eigenvalue weighted by Gasteiger charge is 2.25. The second kappa shape index (κ2) is 10.8. The molecule has 5 nitrogen and oxygen atoms in total. The third kappa shape index (κ3) is 6.11. The molecule has 0 fully saturated rings. The molecule has 0 spiro atoms. The lowest BCUT2D eigenvalue weighted by Crippen LogP contribution is -2.38. The third-order valence-corrected chi connectivity index (χ3v) is 6.79. The summed E-state index contributed by atoms with van der Waals surface area (Å²) in [6.07, 6.45) is 2.86. The van der Waals surface area contributed by atoms with E-state index in [9.17, 15) is 9.50 Å². The van der Waals surface area contributed by atoms with Crippen LogP contribution in [-0.2, 0) is 19.4 Å². The van der Waals surface area contributed by atoms with Gasteiger partial charge in [-0.1, -0.05) is 18.2 Å². The van der Waals surface area contributed by atoms with Crippen LogP contribution in [0.4, 0.5) is 10.1 Å². The molecule has 0 unspecified atom stereocenters. The first-order valence-electron chi connectivity index (χ1n) is 12.6. The Kier molecular flexibility index (Phi) is 7.74. The Morgan fingerprint density at radius 3 is 2.58 bits per heavy atom. The summed E-state index contributed by atoms with van der Waals surface area (Å²) < 4.78 is 26.0. The average Bonchev–Trinajstić information content (AvgIpc) is 2.85. The summed E-state index contributed by atoms with van der Waals surface area (Å²) in [6.45, 7) is 7.37. The minimum absolute atomic E-state index is 0.217. The van der Waals surface area contributed by atoms with Gasteiger partial charge in [-0.05, 0) is 98.5 Å². The van der Waals surface area contributed by atoms with Gasteiger partial charge in [-0.3, -0.25) is 0 Å². The summed E-state index contributed by atoms with van der Waals surface area (Å²) >= 11 is 0. The van der Waals surface area contributed by atoms with Crippen molar-refractivity contribution in [2.45, 2.75) is 58.0 Å². The number of hydrogen-bond donors (Lipinski definition) is 2. The average molecular weight is 493 g/mol. The van der Waals surface area contributed by atoms with Crippen molar-refractivity contribution >= 4 is 5.69 Å². The standard InChI is InChI=1S/C30H37FN2O3/c1-5-33(18-20-6-13-29(27(31)14-20)36-19-30(2,3)32)28-17-25(35-4)11-12-26(28)23-8-7-22-16-24(34)10-9-21(22)15-23/h6,9-14,16-17,23,34H,5,7-8,15,18-19,32H2,1-4H3/t23-/m1/s1. The van der Waals surface area contributed by atoms with Gasteiger partial charge in [0.2, 0.25) is 0 Å². The van der Waals surface area contributed by atoms with Crippen LogP contribution in [0.1, 0.15) is 55.4 Å². The molecule has 0 saturated carbocycles. The maximum absolute atomic E-state index is 14.8. The predicted octanol–water partition coefficient (Wildman–Crippen LogP) is 5.96. The van der Waals surface area contributed by atoms with E-state index < -0.39 is 5.54 Å². The van der Waals surface area contributed by atoms with E-state index in [2.05, 4.69) is 24.0 Å². The van der Waals surface area contributed by atoms with Gasteiger partial charge in [-0.2, -0.15) is 0 Å². The van der Waals surface area contributed by atoms with Crippen molar-refractivity contribution in [3.63, 3.8) is 0 Å². The summed E-state index contributed by atoms with van der Waals surface area (Å²) in [4.78, 5) is 2.27. The Labute approximate surface area is 213 Å². The fourth-order valence-electron chi connectivity index (χ4n) is 4.89. The van der Waals surface area contributed by atoms with E-state index in [4.69, 9.17) is 15.2 Å². The van der Waals surface area contributed by atoms with Crippen LogP contribution >= 0.6 is 0 Å². The zero-order chi connectivity index (χ0) is 25.9. The van der Waals surface area contributed by atoms with Crippen molar-refractivity contribution in [1.82, 2.24) is 0 Å². The molecule has 1 atom stereocenters. The Bertz CT molecular complexity index is 1210. The highest BCUT2D eigenvalue weighted by Crippen LogP contribution is 2.40. The van der Waals surface area contributed by atoms with Gasteiger partial charge in [0.1, 0.15) is 18.1 Å². The lowest BCUT2D eigenvalue weighted by atomic mass is 9.79. The Balaban J connectivity index is 1.59. The number of nitrogens with two attached hydrogens (primary N) is 1. The SMILES string of the molecule is CCN(Cc1ccc(OCC(C)(C)N)c(F)c1)c1cc(OC)ccc1[C@@H]1CCc2cc(O)ccc2C1. The van der Waals surface area contributed by atoms with Gasteiger partial charge in [0, 0.05) is 30.4 Å². The van der Waals surface area contributed by atoms with Gasteiger partial charge in [0.05, 0.1) is 7.11 Å². The van der Waals surface area contributed by atoms with E-state index in [-0.39, 0.29) is 18.2 Å². The molecule has 6 heteroatoms. The van der Waals surface area contributed by atoms with E-state index in [1.54, 1.807) is 25.3 Å². The predicted molar refractivity (Wildman–Crippen MR) is 143 cm³/mol. The van der Waals surface area contributed by atoms with Gasteiger partial charge < -0.3 is 25.2 Å². The molecule has 3 aromatic carbocycles. The van der Waals surface area contributed by atoms with Crippen molar-refractivity contribution in [3.05, 3.63) is 82.7 Å². The smallest absolute Gasteiger partial charge is 0.165 e. The molecule has 0 aliphatic heterocycles. The largest absolute Gasteiger partial charge is 0.508 e. The summed E-state index contributed by atoms with van der Waals surface area (Å²) in [5, 5.41) is 9.86. The van der Waals surface area contributed by atoms with E-state index in [1.807, 2.05) is 38.1 Å². The summed E-state index contributed by atoms with van der Waals surface area (Å²) in [5.41, 5.74) is 11.2. The third-order valence-electron chi connectivity index (χ3n) is 6.79. The number of halogens is 1. The molecule has 0 heterocycles. The lowest BCUT2D eigenvalue weighted by Gasteiger charge is -2.32. The quantitative estimate of drug-likeness (QED) is 0.386. The molecule has 36 heavy (non-hydrogen) atoms. The Morgan fingerprint density at radius 1 is 1.08 bits per heavy atom. The fourth-order valence-corrected chi connectivity index (χ4v) is 4.89. The van der Waals surface area contributed by atoms with Crippen LogP contribution in [0.15, 0.2) is 54.6 Å². The van der Waals surface area contributed by atoms with E-state index in [1.165, 1.54) is 16.7 Å². The van der Waals surface area contributed by atoms with Crippen molar-refractivity contribution < 1.29 is 19.0 Å². The molecule has 3 N–H and O–H groups in total. The molecule has 4 rings (SSSR count). The number of phenols is 1. The normalized spacial score (nSPS) is 15.3. The van der Waals surface area contributed by atoms with Crippen LogP contribution < -0.4 is 20.1 Å². The van der Waals surface area contributed by atoms with Crippen LogP contribution in [-0.4, -0.2) is 30.9 Å². The maximum Gasteiger partial charge on any atom is 0.165 e. The summed E-state index contributed by atoms with van der Waals surface area (Å²) in [7, 11) is 1.68. The van der Waals surface area contributed by atoms with Crippen LogP contribution in [0.25, 0.3) is 0 Å². The molecule has 0 amide bonds. The number of fused-ring (bicyclic) bond motifs is 1.